The van der Waals surface area contributed by atoms with Crippen molar-refractivity contribution in [1.82, 2.24) is 0 Å². The molecular formula is C13H17N3O2S2. The smallest absolute Gasteiger partial charge is 0.238 e. The van der Waals surface area contributed by atoms with Crippen LogP contribution in [0.15, 0.2) is 29.2 Å². The number of benzene rings is 1. The van der Waals surface area contributed by atoms with Crippen molar-refractivity contribution in [3.05, 3.63) is 39.6 Å². The van der Waals surface area contributed by atoms with E-state index >= 15 is 0 Å². The molecule has 0 radical (unpaired) electrons. The second kappa shape index (κ2) is 5.43. The third kappa shape index (κ3) is 3.30. The van der Waals surface area contributed by atoms with Crippen molar-refractivity contribution in [2.45, 2.75) is 25.3 Å². The third-order valence-corrected chi connectivity index (χ3v) is 4.98. The molecule has 1 aromatic heterocycles. The summed E-state index contributed by atoms with van der Waals surface area (Å²) in [5.41, 5.74) is 7.37. The average molecular weight is 311 g/mol. The summed E-state index contributed by atoms with van der Waals surface area (Å²) < 4.78 is 23.1. The number of aryl methyl sites for hydroxylation is 1. The van der Waals surface area contributed by atoms with Crippen LogP contribution >= 0.6 is 11.3 Å². The fraction of sp³-hybridized carbons (Fsp3) is 0.231. The highest BCUT2D eigenvalue weighted by Gasteiger charge is 2.15. The number of hydrogen-bond acceptors (Lipinski definition) is 5. The van der Waals surface area contributed by atoms with Crippen LogP contribution in [0.1, 0.15) is 15.3 Å². The second-order valence-electron chi connectivity index (χ2n) is 4.60. The minimum Gasteiger partial charge on any atom is -0.399 e. The SMILES string of the molecule is Cc1ccc(CNc2cc(N)cc(S(N)(=O)=O)c2C)s1. The topological polar surface area (TPSA) is 98.2 Å². The Morgan fingerprint density at radius 3 is 2.50 bits per heavy atom. The zero-order chi connectivity index (χ0) is 14.9. The fourth-order valence-corrected chi connectivity index (χ4v) is 3.62. The van der Waals surface area contributed by atoms with Crippen LogP contribution in [0.2, 0.25) is 0 Å². The van der Waals surface area contributed by atoms with E-state index in [1.54, 1.807) is 24.3 Å². The van der Waals surface area contributed by atoms with Gasteiger partial charge in [0.2, 0.25) is 10.0 Å². The lowest BCUT2D eigenvalue weighted by Gasteiger charge is -2.13. The number of nitrogens with two attached hydrogens (primary N) is 2. The molecule has 0 aliphatic carbocycles. The van der Waals surface area contributed by atoms with Gasteiger partial charge in [0.15, 0.2) is 0 Å². The Hall–Kier alpha value is -1.57. The molecule has 5 nitrogen and oxygen atoms in total. The summed E-state index contributed by atoms with van der Waals surface area (Å²) in [6.07, 6.45) is 0. The van der Waals surface area contributed by atoms with Crippen LogP contribution in [0.4, 0.5) is 11.4 Å². The quantitative estimate of drug-likeness (QED) is 0.754. The molecule has 108 valence electrons. The van der Waals surface area contributed by atoms with Gasteiger partial charge < -0.3 is 11.1 Å². The van der Waals surface area contributed by atoms with Crippen LogP contribution < -0.4 is 16.2 Å². The largest absolute Gasteiger partial charge is 0.399 e. The number of sulfonamides is 1. The van der Waals surface area contributed by atoms with Gasteiger partial charge in [0.1, 0.15) is 0 Å². The van der Waals surface area contributed by atoms with Gasteiger partial charge in [-0.3, -0.25) is 0 Å². The fourth-order valence-electron chi connectivity index (χ4n) is 1.95. The molecule has 0 amide bonds. The Morgan fingerprint density at radius 2 is 1.95 bits per heavy atom. The van der Waals surface area contributed by atoms with Crippen molar-refractivity contribution in [2.24, 2.45) is 5.14 Å². The van der Waals surface area contributed by atoms with Crippen LogP contribution in [-0.4, -0.2) is 8.42 Å². The number of anilines is 2. The van der Waals surface area contributed by atoms with Crippen LogP contribution in [0, 0.1) is 13.8 Å². The van der Waals surface area contributed by atoms with Gasteiger partial charge in [-0.15, -0.1) is 11.3 Å². The number of nitrogens with one attached hydrogen (secondary N) is 1. The van der Waals surface area contributed by atoms with Crippen molar-refractivity contribution in [1.29, 1.82) is 0 Å². The maximum atomic E-state index is 11.5. The molecule has 20 heavy (non-hydrogen) atoms. The van der Waals surface area contributed by atoms with Gasteiger partial charge in [-0.25, -0.2) is 13.6 Å². The zero-order valence-corrected chi connectivity index (χ0v) is 12.9. The zero-order valence-electron chi connectivity index (χ0n) is 11.3. The van der Waals surface area contributed by atoms with Gasteiger partial charge in [-0.05, 0) is 43.7 Å². The first-order valence-electron chi connectivity index (χ1n) is 5.99. The predicted molar refractivity (Wildman–Crippen MR) is 83.3 cm³/mol. The van der Waals surface area contributed by atoms with Gasteiger partial charge in [-0.2, -0.15) is 0 Å². The summed E-state index contributed by atoms with van der Waals surface area (Å²) >= 11 is 1.69. The van der Waals surface area contributed by atoms with Gasteiger partial charge in [0.05, 0.1) is 4.90 Å². The van der Waals surface area contributed by atoms with E-state index in [2.05, 4.69) is 5.32 Å². The highest BCUT2D eigenvalue weighted by Crippen LogP contribution is 2.27. The highest BCUT2D eigenvalue weighted by molar-refractivity contribution is 7.89. The third-order valence-electron chi connectivity index (χ3n) is 2.94. The van der Waals surface area contributed by atoms with E-state index in [1.807, 2.05) is 19.1 Å². The van der Waals surface area contributed by atoms with E-state index in [0.717, 1.165) is 0 Å². The lowest BCUT2D eigenvalue weighted by Crippen LogP contribution is -2.15. The van der Waals surface area contributed by atoms with Crippen molar-refractivity contribution in [3.8, 4) is 0 Å². The minimum absolute atomic E-state index is 0.0577. The molecule has 0 fully saturated rings. The van der Waals surface area contributed by atoms with Crippen molar-refractivity contribution in [3.63, 3.8) is 0 Å². The monoisotopic (exact) mass is 311 g/mol. The molecule has 2 aromatic rings. The molecule has 7 heteroatoms. The van der Waals surface area contributed by atoms with Gasteiger partial charge in [-0.1, -0.05) is 0 Å². The van der Waals surface area contributed by atoms with E-state index in [4.69, 9.17) is 10.9 Å². The number of nitrogen functional groups attached to an aromatic ring is 1. The second-order valence-corrected chi connectivity index (χ2v) is 7.50. The normalized spacial score (nSPS) is 11.6. The summed E-state index contributed by atoms with van der Waals surface area (Å²) in [6, 6.07) is 7.18. The summed E-state index contributed by atoms with van der Waals surface area (Å²) in [7, 11) is -3.77. The maximum Gasteiger partial charge on any atom is 0.238 e. The molecular weight excluding hydrogens is 294 g/mol. The first-order chi connectivity index (χ1) is 9.27. The number of rotatable bonds is 4. The molecule has 0 atom stereocenters. The average Bonchev–Trinajstić information content (AvgIpc) is 2.74. The molecule has 2 rings (SSSR count). The van der Waals surface area contributed by atoms with Gasteiger partial charge in [0, 0.05) is 27.7 Å². The Morgan fingerprint density at radius 1 is 1.25 bits per heavy atom. The molecule has 0 unspecified atom stereocenters. The molecule has 0 spiro atoms. The first-order valence-corrected chi connectivity index (χ1v) is 8.36. The van der Waals surface area contributed by atoms with Crippen LogP contribution in [0.25, 0.3) is 0 Å². The summed E-state index contributed by atoms with van der Waals surface area (Å²) in [6.45, 7) is 4.37. The predicted octanol–water partition coefficient (Wildman–Crippen LogP) is 2.21. The number of hydrogen-bond donors (Lipinski definition) is 3. The molecule has 0 saturated carbocycles. The van der Waals surface area contributed by atoms with E-state index in [9.17, 15) is 8.42 Å². The number of thiophene rings is 1. The van der Waals surface area contributed by atoms with E-state index in [-0.39, 0.29) is 4.90 Å². The minimum atomic E-state index is -3.77. The summed E-state index contributed by atoms with van der Waals surface area (Å²) in [4.78, 5) is 2.46. The van der Waals surface area contributed by atoms with Gasteiger partial charge in [0.25, 0.3) is 0 Å². The standard InChI is InChI=1S/C13H17N3O2S2/c1-8-3-4-11(19-8)7-16-12-5-10(14)6-13(9(12)2)20(15,17)18/h3-6,16H,7,14H2,1-2H3,(H2,15,17,18). The van der Waals surface area contributed by atoms with E-state index < -0.39 is 10.0 Å². The molecule has 0 bridgehead atoms. The van der Waals surface area contributed by atoms with Crippen LogP contribution in [0.5, 0.6) is 0 Å². The Kier molecular flexibility index (Phi) is 4.03. The molecule has 5 N–H and O–H groups in total. The summed E-state index contributed by atoms with van der Waals surface area (Å²) in [5.74, 6) is 0. The lowest BCUT2D eigenvalue weighted by atomic mass is 10.2. The van der Waals surface area contributed by atoms with Crippen molar-refractivity contribution < 1.29 is 8.42 Å². The molecule has 1 heterocycles. The Balaban J connectivity index is 2.30. The highest BCUT2D eigenvalue weighted by atomic mass is 32.2. The van der Waals surface area contributed by atoms with Crippen molar-refractivity contribution in [2.75, 3.05) is 11.1 Å². The molecule has 0 aliphatic heterocycles. The van der Waals surface area contributed by atoms with Gasteiger partial charge >= 0.3 is 0 Å². The number of primary sulfonamides is 1. The Labute approximate surface area is 122 Å². The molecule has 1 aromatic carbocycles. The maximum absolute atomic E-state index is 11.5. The van der Waals surface area contributed by atoms with Crippen molar-refractivity contribution >= 4 is 32.7 Å². The Bertz CT molecular complexity index is 736. The lowest BCUT2D eigenvalue weighted by molar-refractivity contribution is 0.597. The summed E-state index contributed by atoms with van der Waals surface area (Å²) in [5, 5.41) is 8.40. The van der Waals surface area contributed by atoms with Crippen LogP contribution in [0.3, 0.4) is 0 Å². The van der Waals surface area contributed by atoms with Crippen LogP contribution in [-0.2, 0) is 16.6 Å². The molecule has 0 aliphatic rings. The van der Waals surface area contributed by atoms with E-state index in [0.29, 0.717) is 23.5 Å². The molecule has 0 saturated heterocycles. The first kappa shape index (κ1) is 14.8. The van der Waals surface area contributed by atoms with E-state index in [1.165, 1.54) is 15.8 Å².